The molecule has 4 nitrogen and oxygen atoms in total. The highest BCUT2D eigenvalue weighted by atomic mass is 79.9. The van der Waals surface area contributed by atoms with Gasteiger partial charge in [-0.05, 0) is 54.4 Å². The van der Waals surface area contributed by atoms with Gasteiger partial charge in [0.05, 0.1) is 24.3 Å². The third kappa shape index (κ3) is 4.86. The Morgan fingerprint density at radius 3 is 2.67 bits per heavy atom. The Bertz CT molecular complexity index is 602. The van der Waals surface area contributed by atoms with Gasteiger partial charge >= 0.3 is 0 Å². The van der Waals surface area contributed by atoms with Crippen LogP contribution in [-0.4, -0.2) is 22.4 Å². The molecule has 0 saturated heterocycles. The van der Waals surface area contributed by atoms with E-state index in [0.717, 1.165) is 23.3 Å². The summed E-state index contributed by atoms with van der Waals surface area (Å²) in [6.45, 7) is 8.05. The molecule has 0 radical (unpaired) electrons. The summed E-state index contributed by atoms with van der Waals surface area (Å²) in [6.07, 6.45) is 3.99. The van der Waals surface area contributed by atoms with Crippen LogP contribution in [0.5, 0.6) is 5.75 Å². The Balaban J connectivity index is 2.00. The smallest absolute Gasteiger partial charge is 0.133 e. The fourth-order valence-corrected chi connectivity index (χ4v) is 2.53. The topological polar surface area (TPSA) is 39.1 Å². The largest absolute Gasteiger partial charge is 0.496 e. The molecule has 1 heterocycles. The number of aromatic nitrogens is 2. The first kappa shape index (κ1) is 16.0. The van der Waals surface area contributed by atoms with Crippen LogP contribution in [0.25, 0.3) is 0 Å². The Kier molecular flexibility index (Phi) is 5.06. The van der Waals surface area contributed by atoms with Crippen molar-refractivity contribution in [1.29, 1.82) is 0 Å². The Morgan fingerprint density at radius 2 is 2.05 bits per heavy atom. The van der Waals surface area contributed by atoms with Crippen molar-refractivity contribution in [2.45, 2.75) is 39.4 Å². The number of benzene rings is 1. The first-order valence-electron chi connectivity index (χ1n) is 6.96. The molecule has 1 aromatic carbocycles. The number of rotatable bonds is 5. The molecule has 0 unspecified atom stereocenters. The van der Waals surface area contributed by atoms with Crippen LogP contribution >= 0.6 is 15.9 Å². The fourth-order valence-electron chi connectivity index (χ4n) is 1.95. The maximum Gasteiger partial charge on any atom is 0.133 e. The van der Waals surface area contributed by atoms with Crippen molar-refractivity contribution >= 4 is 15.9 Å². The van der Waals surface area contributed by atoms with E-state index >= 15 is 0 Å². The highest BCUT2D eigenvalue weighted by Crippen LogP contribution is 2.25. The molecule has 0 aliphatic heterocycles. The molecule has 1 aromatic heterocycles. The van der Waals surface area contributed by atoms with Gasteiger partial charge in [0.25, 0.3) is 0 Å². The van der Waals surface area contributed by atoms with Crippen molar-refractivity contribution in [2.24, 2.45) is 0 Å². The summed E-state index contributed by atoms with van der Waals surface area (Å²) in [5, 5.41) is 7.88. The highest BCUT2D eigenvalue weighted by Gasteiger charge is 2.09. The van der Waals surface area contributed by atoms with E-state index in [9.17, 15) is 0 Å². The molecule has 0 saturated carbocycles. The molecule has 114 valence electrons. The third-order valence-corrected chi connectivity index (χ3v) is 3.69. The summed E-state index contributed by atoms with van der Waals surface area (Å²) in [5.74, 6) is 0.842. The summed E-state index contributed by atoms with van der Waals surface area (Å²) in [7, 11) is 1.67. The predicted molar refractivity (Wildman–Crippen MR) is 88.6 cm³/mol. The first-order chi connectivity index (χ1) is 9.87. The Hall–Kier alpha value is -1.33. The summed E-state index contributed by atoms with van der Waals surface area (Å²) in [4.78, 5) is 0. The van der Waals surface area contributed by atoms with Crippen LogP contribution in [-0.2, 0) is 13.1 Å². The van der Waals surface area contributed by atoms with Crippen molar-refractivity contribution < 1.29 is 4.74 Å². The number of methoxy groups -OCH3 is 1. The Morgan fingerprint density at radius 1 is 1.29 bits per heavy atom. The molecule has 2 rings (SSSR count). The molecule has 21 heavy (non-hydrogen) atoms. The van der Waals surface area contributed by atoms with E-state index in [2.05, 4.69) is 65.4 Å². The van der Waals surface area contributed by atoms with Gasteiger partial charge in [0.15, 0.2) is 0 Å². The molecule has 0 amide bonds. The molecule has 0 aliphatic rings. The maximum absolute atomic E-state index is 5.24. The van der Waals surface area contributed by atoms with Crippen LogP contribution in [0.15, 0.2) is 35.1 Å². The number of hydrogen-bond donors (Lipinski definition) is 1. The van der Waals surface area contributed by atoms with Gasteiger partial charge in [-0.2, -0.15) is 5.10 Å². The van der Waals surface area contributed by atoms with Crippen molar-refractivity contribution in [3.8, 4) is 5.75 Å². The lowest BCUT2D eigenvalue weighted by atomic mass is 10.1. The van der Waals surface area contributed by atoms with Gasteiger partial charge < -0.3 is 10.1 Å². The average molecular weight is 352 g/mol. The summed E-state index contributed by atoms with van der Waals surface area (Å²) >= 11 is 3.51. The monoisotopic (exact) mass is 351 g/mol. The van der Waals surface area contributed by atoms with Crippen LogP contribution in [0, 0.1) is 0 Å². The second-order valence-corrected chi connectivity index (χ2v) is 6.97. The van der Waals surface area contributed by atoms with E-state index < -0.39 is 0 Å². The Labute approximate surface area is 134 Å². The summed E-state index contributed by atoms with van der Waals surface area (Å²) in [5.41, 5.74) is 2.49. The molecule has 2 aromatic rings. The molecular formula is C16H22BrN3O. The van der Waals surface area contributed by atoms with Crippen LogP contribution in [0.3, 0.4) is 0 Å². The van der Waals surface area contributed by atoms with Crippen molar-refractivity contribution in [3.63, 3.8) is 0 Å². The van der Waals surface area contributed by atoms with Crippen LogP contribution in [0.1, 0.15) is 31.9 Å². The zero-order valence-corrected chi connectivity index (χ0v) is 14.6. The SMILES string of the molecule is COc1ccc(Cn2cc(CNC(C)(C)C)cn2)cc1Br. The van der Waals surface area contributed by atoms with Crippen molar-refractivity contribution in [1.82, 2.24) is 15.1 Å². The van der Waals surface area contributed by atoms with Crippen LogP contribution in [0.4, 0.5) is 0 Å². The second-order valence-electron chi connectivity index (χ2n) is 6.12. The minimum Gasteiger partial charge on any atom is -0.496 e. The summed E-state index contributed by atoms with van der Waals surface area (Å²) < 4.78 is 8.16. The molecule has 0 bridgehead atoms. The lowest BCUT2D eigenvalue weighted by Crippen LogP contribution is -2.34. The van der Waals surface area contributed by atoms with Crippen molar-refractivity contribution in [3.05, 3.63) is 46.2 Å². The average Bonchev–Trinajstić information content (AvgIpc) is 2.83. The van der Waals surface area contributed by atoms with Gasteiger partial charge in [-0.15, -0.1) is 0 Å². The highest BCUT2D eigenvalue weighted by molar-refractivity contribution is 9.10. The van der Waals surface area contributed by atoms with Crippen LogP contribution < -0.4 is 10.1 Å². The normalized spacial score (nSPS) is 11.7. The molecule has 1 N–H and O–H groups in total. The number of nitrogens with one attached hydrogen (secondary N) is 1. The van der Waals surface area contributed by atoms with Gasteiger partial charge in [-0.3, -0.25) is 4.68 Å². The molecular weight excluding hydrogens is 330 g/mol. The third-order valence-electron chi connectivity index (χ3n) is 3.07. The standard InChI is InChI=1S/C16H22BrN3O/c1-16(2,3)18-8-13-9-19-20(11-13)10-12-5-6-15(21-4)14(17)7-12/h5-7,9,11,18H,8,10H2,1-4H3. The van der Waals surface area contributed by atoms with E-state index in [1.54, 1.807) is 7.11 Å². The molecule has 0 spiro atoms. The van der Waals surface area contributed by atoms with Gasteiger partial charge in [0.2, 0.25) is 0 Å². The van der Waals surface area contributed by atoms with Gasteiger partial charge in [-0.25, -0.2) is 0 Å². The van der Waals surface area contributed by atoms with E-state index in [1.807, 2.05) is 16.9 Å². The second kappa shape index (κ2) is 6.62. The van der Waals surface area contributed by atoms with Crippen LogP contribution in [0.2, 0.25) is 0 Å². The summed E-state index contributed by atoms with van der Waals surface area (Å²) in [6, 6.07) is 6.08. The molecule has 5 heteroatoms. The number of halogens is 1. The van der Waals surface area contributed by atoms with Gasteiger partial charge in [-0.1, -0.05) is 6.07 Å². The zero-order chi connectivity index (χ0) is 15.5. The first-order valence-corrected chi connectivity index (χ1v) is 7.75. The molecule has 0 atom stereocenters. The van der Waals surface area contributed by atoms with Crippen molar-refractivity contribution in [2.75, 3.05) is 7.11 Å². The fraction of sp³-hybridized carbons (Fsp3) is 0.438. The quantitative estimate of drug-likeness (QED) is 0.894. The van der Waals surface area contributed by atoms with E-state index in [4.69, 9.17) is 4.74 Å². The van der Waals surface area contributed by atoms with E-state index in [0.29, 0.717) is 0 Å². The minimum atomic E-state index is 0.114. The van der Waals surface area contributed by atoms with E-state index in [1.165, 1.54) is 11.1 Å². The van der Waals surface area contributed by atoms with Gasteiger partial charge in [0.1, 0.15) is 5.75 Å². The number of nitrogens with zero attached hydrogens (tertiary/aromatic N) is 2. The van der Waals surface area contributed by atoms with E-state index in [-0.39, 0.29) is 5.54 Å². The molecule has 0 fully saturated rings. The zero-order valence-electron chi connectivity index (χ0n) is 13.0. The lowest BCUT2D eigenvalue weighted by molar-refractivity contribution is 0.412. The number of hydrogen-bond acceptors (Lipinski definition) is 3. The maximum atomic E-state index is 5.24. The predicted octanol–water partition coefficient (Wildman–Crippen LogP) is 3.59. The van der Waals surface area contributed by atoms with Gasteiger partial charge in [0, 0.05) is 23.8 Å². The lowest BCUT2D eigenvalue weighted by Gasteiger charge is -2.19. The number of ether oxygens (including phenoxy) is 1. The molecule has 0 aliphatic carbocycles. The minimum absolute atomic E-state index is 0.114.